The molecule has 1 N–H and O–H groups in total. The Morgan fingerprint density at radius 2 is 1.77 bits per heavy atom. The van der Waals surface area contributed by atoms with E-state index in [1.54, 1.807) is 25.1 Å². The summed E-state index contributed by atoms with van der Waals surface area (Å²) >= 11 is 1.24. The lowest BCUT2D eigenvalue weighted by Crippen LogP contribution is -2.43. The Balaban J connectivity index is 1.73. The maximum atomic E-state index is 13.7. The number of carbonyl (C=O) groups excluding carboxylic acids is 2. The molecular formula is C19H18F2N2O2S. The number of benzene rings is 2. The molecule has 0 spiro atoms. The molecule has 1 aliphatic rings. The fourth-order valence-electron chi connectivity index (χ4n) is 3.01. The van der Waals surface area contributed by atoms with Crippen LogP contribution >= 0.6 is 11.8 Å². The van der Waals surface area contributed by atoms with Crippen LogP contribution in [0.15, 0.2) is 53.4 Å². The van der Waals surface area contributed by atoms with Crippen LogP contribution in [0.1, 0.15) is 18.9 Å². The molecule has 7 heteroatoms. The quantitative estimate of drug-likeness (QED) is 0.614. The van der Waals surface area contributed by atoms with Crippen LogP contribution in [0.5, 0.6) is 0 Å². The molecule has 1 saturated heterocycles. The Morgan fingerprint density at radius 3 is 2.42 bits per heavy atom. The maximum absolute atomic E-state index is 13.7. The van der Waals surface area contributed by atoms with Crippen molar-refractivity contribution in [2.45, 2.75) is 23.8 Å². The van der Waals surface area contributed by atoms with Crippen molar-refractivity contribution in [3.05, 3.63) is 65.7 Å². The monoisotopic (exact) mass is 376 g/mol. The van der Waals surface area contributed by atoms with Crippen LogP contribution in [0.4, 0.5) is 13.6 Å². The highest BCUT2D eigenvalue weighted by Gasteiger charge is 2.50. The Hall–Kier alpha value is -2.41. The van der Waals surface area contributed by atoms with E-state index in [2.05, 4.69) is 5.32 Å². The number of urea groups is 1. The zero-order chi connectivity index (χ0) is 18.7. The van der Waals surface area contributed by atoms with Crippen molar-refractivity contribution in [3.63, 3.8) is 0 Å². The minimum absolute atomic E-state index is 0.159. The number of carbonyl (C=O) groups is 2. The molecule has 2 aromatic carbocycles. The minimum Gasteiger partial charge on any atom is -0.319 e. The molecule has 26 heavy (non-hydrogen) atoms. The highest BCUT2D eigenvalue weighted by molar-refractivity contribution is 7.99. The lowest BCUT2D eigenvalue weighted by atomic mass is 9.87. The van der Waals surface area contributed by atoms with E-state index in [1.807, 2.05) is 0 Å². The van der Waals surface area contributed by atoms with Gasteiger partial charge in [0.1, 0.15) is 17.2 Å². The van der Waals surface area contributed by atoms with Gasteiger partial charge in [-0.15, -0.1) is 11.8 Å². The first-order valence-corrected chi connectivity index (χ1v) is 9.24. The van der Waals surface area contributed by atoms with E-state index in [9.17, 15) is 18.4 Å². The van der Waals surface area contributed by atoms with E-state index >= 15 is 0 Å². The Morgan fingerprint density at radius 1 is 1.08 bits per heavy atom. The van der Waals surface area contributed by atoms with Gasteiger partial charge in [-0.2, -0.15) is 0 Å². The third-order valence-electron chi connectivity index (χ3n) is 4.45. The molecule has 1 aliphatic heterocycles. The zero-order valence-corrected chi connectivity index (χ0v) is 15.0. The molecule has 2 aromatic rings. The third-order valence-corrected chi connectivity index (χ3v) is 5.48. The fraction of sp³-hybridized carbons (Fsp3) is 0.263. The van der Waals surface area contributed by atoms with Crippen LogP contribution in [0.25, 0.3) is 0 Å². The lowest BCUT2D eigenvalue weighted by molar-refractivity contribution is -0.131. The molecule has 0 saturated carbocycles. The molecule has 0 unspecified atom stereocenters. The molecule has 136 valence electrons. The molecule has 1 fully saturated rings. The lowest BCUT2D eigenvalue weighted by Gasteiger charge is -2.25. The van der Waals surface area contributed by atoms with Gasteiger partial charge in [0, 0.05) is 17.2 Å². The second-order valence-electron chi connectivity index (χ2n) is 5.93. The van der Waals surface area contributed by atoms with E-state index < -0.39 is 17.4 Å². The predicted octanol–water partition coefficient (Wildman–Crippen LogP) is 3.91. The van der Waals surface area contributed by atoms with E-state index in [1.165, 1.54) is 42.1 Å². The zero-order valence-electron chi connectivity index (χ0n) is 14.2. The number of imide groups is 1. The highest BCUT2D eigenvalue weighted by atomic mass is 32.2. The first-order valence-electron chi connectivity index (χ1n) is 8.25. The molecule has 0 bridgehead atoms. The summed E-state index contributed by atoms with van der Waals surface area (Å²) in [6.07, 6.45) is 0.347. The minimum atomic E-state index is -1.19. The summed E-state index contributed by atoms with van der Waals surface area (Å²) in [5.74, 6) is -0.729. The van der Waals surface area contributed by atoms with Crippen LogP contribution in [0.2, 0.25) is 0 Å². The number of hydrogen-bond acceptors (Lipinski definition) is 3. The van der Waals surface area contributed by atoms with Gasteiger partial charge in [0.05, 0.1) is 0 Å². The smallest absolute Gasteiger partial charge is 0.319 e. The number of hydrogen-bond donors (Lipinski definition) is 1. The largest absolute Gasteiger partial charge is 0.325 e. The van der Waals surface area contributed by atoms with E-state index in [-0.39, 0.29) is 18.3 Å². The van der Waals surface area contributed by atoms with Gasteiger partial charge in [-0.05, 0) is 36.2 Å². The van der Waals surface area contributed by atoms with Gasteiger partial charge in [-0.3, -0.25) is 9.69 Å². The summed E-state index contributed by atoms with van der Waals surface area (Å²) < 4.78 is 26.9. The highest BCUT2D eigenvalue weighted by Crippen LogP contribution is 2.33. The van der Waals surface area contributed by atoms with Gasteiger partial charge in [0.25, 0.3) is 5.91 Å². The SMILES string of the molecule is CC[C@@]1(c2ccc(F)cc2)NC(=O)N(CCSc2ccccc2F)C1=O. The number of amides is 3. The topological polar surface area (TPSA) is 49.4 Å². The van der Waals surface area contributed by atoms with Crippen LogP contribution in [-0.2, 0) is 10.3 Å². The van der Waals surface area contributed by atoms with Gasteiger partial charge < -0.3 is 5.32 Å². The summed E-state index contributed by atoms with van der Waals surface area (Å²) in [5.41, 5.74) is -0.642. The predicted molar refractivity (Wildman–Crippen MR) is 95.7 cm³/mol. The van der Waals surface area contributed by atoms with Crippen molar-refractivity contribution < 1.29 is 18.4 Å². The normalized spacial score (nSPS) is 19.7. The molecule has 0 aliphatic carbocycles. The van der Waals surface area contributed by atoms with Gasteiger partial charge >= 0.3 is 6.03 Å². The number of rotatable bonds is 6. The fourth-order valence-corrected chi connectivity index (χ4v) is 3.89. The summed E-state index contributed by atoms with van der Waals surface area (Å²) in [6.45, 7) is 1.95. The molecule has 3 rings (SSSR count). The molecule has 4 nitrogen and oxygen atoms in total. The number of nitrogens with zero attached hydrogens (tertiary/aromatic N) is 1. The van der Waals surface area contributed by atoms with Crippen molar-refractivity contribution in [1.82, 2.24) is 10.2 Å². The van der Waals surface area contributed by atoms with Crippen molar-refractivity contribution in [3.8, 4) is 0 Å². The standard InChI is InChI=1S/C19H18F2N2O2S/c1-2-19(13-7-9-14(20)10-8-13)17(24)23(18(25)22-19)11-12-26-16-6-4-3-5-15(16)21/h3-10H,2,11-12H2,1H3,(H,22,25)/t19-/m0/s1. The van der Waals surface area contributed by atoms with E-state index in [0.29, 0.717) is 22.6 Å². The number of halogens is 2. The van der Waals surface area contributed by atoms with Crippen molar-refractivity contribution in [2.24, 2.45) is 0 Å². The van der Waals surface area contributed by atoms with Crippen molar-refractivity contribution >= 4 is 23.7 Å². The van der Waals surface area contributed by atoms with Crippen molar-refractivity contribution in [2.75, 3.05) is 12.3 Å². The average molecular weight is 376 g/mol. The number of thioether (sulfide) groups is 1. The van der Waals surface area contributed by atoms with Crippen LogP contribution in [-0.4, -0.2) is 29.1 Å². The molecule has 3 amide bonds. The summed E-state index contributed by atoms with van der Waals surface area (Å²) in [4.78, 5) is 26.9. The molecule has 0 radical (unpaired) electrons. The molecule has 1 heterocycles. The van der Waals surface area contributed by atoms with Crippen LogP contribution in [0, 0.1) is 11.6 Å². The first-order chi connectivity index (χ1) is 12.5. The first kappa shape index (κ1) is 18.4. The molecule has 1 atom stereocenters. The van der Waals surface area contributed by atoms with Crippen LogP contribution < -0.4 is 5.32 Å². The summed E-state index contributed by atoms with van der Waals surface area (Å²) in [7, 11) is 0. The molecular weight excluding hydrogens is 358 g/mol. The van der Waals surface area contributed by atoms with Crippen LogP contribution in [0.3, 0.4) is 0 Å². The van der Waals surface area contributed by atoms with E-state index in [0.717, 1.165) is 4.90 Å². The Labute approximate surface area is 154 Å². The second-order valence-corrected chi connectivity index (χ2v) is 7.07. The van der Waals surface area contributed by atoms with Gasteiger partial charge in [-0.1, -0.05) is 31.2 Å². The summed E-state index contributed by atoms with van der Waals surface area (Å²) in [6, 6.07) is 11.4. The maximum Gasteiger partial charge on any atom is 0.325 e. The van der Waals surface area contributed by atoms with Gasteiger partial charge in [0.15, 0.2) is 0 Å². The Bertz CT molecular complexity index is 829. The average Bonchev–Trinajstić information content (AvgIpc) is 2.89. The molecule has 0 aromatic heterocycles. The second kappa shape index (κ2) is 7.45. The Kier molecular flexibility index (Phi) is 5.27. The third kappa shape index (κ3) is 3.31. The van der Waals surface area contributed by atoms with Gasteiger partial charge in [0.2, 0.25) is 0 Å². The van der Waals surface area contributed by atoms with Crippen molar-refractivity contribution in [1.29, 1.82) is 0 Å². The van der Waals surface area contributed by atoms with Gasteiger partial charge in [-0.25, -0.2) is 13.6 Å². The number of nitrogens with one attached hydrogen (secondary N) is 1. The van der Waals surface area contributed by atoms with E-state index in [4.69, 9.17) is 0 Å². The summed E-state index contributed by atoms with van der Waals surface area (Å²) in [5, 5.41) is 2.74.